The third kappa shape index (κ3) is 6.72. The monoisotopic (exact) mass is 537 g/mol. The second-order valence-electron chi connectivity index (χ2n) is 7.69. The van der Waals surface area contributed by atoms with E-state index in [-0.39, 0.29) is 53.8 Å². The second-order valence-corrected chi connectivity index (χ2v) is 7.69. The van der Waals surface area contributed by atoms with Crippen LogP contribution in [0.2, 0.25) is 0 Å². The molecule has 0 aliphatic rings. The van der Waals surface area contributed by atoms with Crippen LogP contribution >= 0.6 is 24.8 Å². The predicted octanol–water partition coefficient (Wildman–Crippen LogP) is 5.08. The zero-order valence-corrected chi connectivity index (χ0v) is 22.7. The molecule has 0 fully saturated rings. The van der Waals surface area contributed by atoms with E-state index in [9.17, 15) is 4.79 Å². The highest BCUT2D eigenvalue weighted by atomic mass is 35.5. The van der Waals surface area contributed by atoms with Crippen molar-refractivity contribution in [3.05, 3.63) is 71.5 Å². The molecular weight excluding hydrogens is 505 g/mol. The summed E-state index contributed by atoms with van der Waals surface area (Å²) >= 11 is 0. The van der Waals surface area contributed by atoms with Crippen LogP contribution in [-0.2, 0) is 6.42 Å². The maximum absolute atomic E-state index is 13.6. The summed E-state index contributed by atoms with van der Waals surface area (Å²) in [7, 11) is 6.21. The summed E-state index contributed by atoms with van der Waals surface area (Å²) in [5.41, 5.74) is 7.94. The van der Waals surface area contributed by atoms with Gasteiger partial charge in [0.15, 0.2) is 11.5 Å². The van der Waals surface area contributed by atoms with E-state index in [2.05, 4.69) is 4.98 Å². The molecule has 3 aromatic rings. The number of carbonyl (C=O) groups excluding carboxylic acids is 1. The van der Waals surface area contributed by atoms with E-state index in [0.717, 1.165) is 17.5 Å². The third-order valence-corrected chi connectivity index (χ3v) is 5.65. The van der Waals surface area contributed by atoms with Gasteiger partial charge in [0.05, 0.1) is 32.9 Å². The van der Waals surface area contributed by atoms with Crippen molar-refractivity contribution in [2.45, 2.75) is 19.4 Å². The average molecular weight is 538 g/mol. The minimum atomic E-state index is -0.266. The van der Waals surface area contributed by atoms with E-state index >= 15 is 0 Å². The molecule has 2 aromatic carbocycles. The average Bonchev–Trinajstić information content (AvgIpc) is 2.88. The van der Waals surface area contributed by atoms with E-state index in [4.69, 9.17) is 24.7 Å². The number of nitrogens with two attached hydrogens (primary N) is 1. The number of amides is 1. The number of nitrogens with zero attached hydrogens (tertiary/aromatic N) is 2. The van der Waals surface area contributed by atoms with Crippen molar-refractivity contribution < 1.29 is 23.7 Å². The molecule has 10 heteroatoms. The first-order valence-corrected chi connectivity index (χ1v) is 10.9. The number of benzene rings is 2. The molecule has 0 spiro atoms. The van der Waals surface area contributed by atoms with Crippen LogP contribution in [-0.4, -0.2) is 50.7 Å². The molecule has 8 nitrogen and oxygen atoms in total. The molecule has 0 radical (unpaired) electrons. The summed E-state index contributed by atoms with van der Waals surface area (Å²) in [6, 6.07) is 12.7. The van der Waals surface area contributed by atoms with Gasteiger partial charge in [-0.3, -0.25) is 9.78 Å². The SMILES string of the molecule is COc1c(Oc2ccc(CCN)cc2)cc(C(=O)N(C)C(C)c2cccnc2)c(OC)c1OC.Cl.Cl. The Bertz CT molecular complexity index is 1110. The predicted molar refractivity (Wildman–Crippen MR) is 145 cm³/mol. The van der Waals surface area contributed by atoms with Crippen molar-refractivity contribution in [1.29, 1.82) is 0 Å². The molecule has 36 heavy (non-hydrogen) atoms. The standard InChI is InChI=1S/C26H31N3O5.2ClH/c1-17(19-7-6-14-28-16-19)29(2)26(30)21-15-22(24(32-4)25(33-5)23(21)31-3)34-20-10-8-18(9-11-20)12-13-27;;/h6-11,14-17H,12-13,27H2,1-5H3;2*1H. The molecule has 1 amide bonds. The number of carbonyl (C=O) groups is 1. The second kappa shape index (κ2) is 14.4. The largest absolute Gasteiger partial charge is 0.492 e. The van der Waals surface area contributed by atoms with Gasteiger partial charge in [-0.1, -0.05) is 18.2 Å². The first-order chi connectivity index (χ1) is 16.4. The van der Waals surface area contributed by atoms with Crippen molar-refractivity contribution in [2.75, 3.05) is 34.9 Å². The van der Waals surface area contributed by atoms with Crippen LogP contribution in [0.15, 0.2) is 54.9 Å². The van der Waals surface area contributed by atoms with Crippen LogP contribution in [0.1, 0.15) is 34.5 Å². The highest BCUT2D eigenvalue weighted by Crippen LogP contribution is 2.48. The number of hydrogen-bond donors (Lipinski definition) is 1. The number of hydrogen-bond acceptors (Lipinski definition) is 7. The van der Waals surface area contributed by atoms with Crippen LogP contribution in [0.3, 0.4) is 0 Å². The molecule has 1 heterocycles. The number of halogens is 2. The molecule has 2 N–H and O–H groups in total. The Morgan fingerprint density at radius 3 is 2.17 bits per heavy atom. The number of rotatable bonds is 10. The van der Waals surface area contributed by atoms with E-state index < -0.39 is 0 Å². The number of pyridine rings is 1. The normalized spacial score (nSPS) is 10.8. The smallest absolute Gasteiger partial charge is 0.258 e. The Kier molecular flexibility index (Phi) is 12.3. The summed E-state index contributed by atoms with van der Waals surface area (Å²) in [6.45, 7) is 2.50. The Morgan fingerprint density at radius 2 is 1.64 bits per heavy atom. The molecule has 0 aliphatic carbocycles. The maximum atomic E-state index is 13.6. The molecule has 1 unspecified atom stereocenters. The van der Waals surface area contributed by atoms with Crippen LogP contribution < -0.4 is 24.7 Å². The summed E-state index contributed by atoms with van der Waals surface area (Å²) in [5.74, 6) is 1.51. The first kappa shape index (κ1) is 30.8. The van der Waals surface area contributed by atoms with Crippen LogP contribution in [0, 0.1) is 0 Å². The maximum Gasteiger partial charge on any atom is 0.258 e. The third-order valence-electron chi connectivity index (χ3n) is 5.65. The van der Waals surface area contributed by atoms with Gasteiger partial charge in [-0.15, -0.1) is 24.8 Å². The zero-order valence-electron chi connectivity index (χ0n) is 21.0. The lowest BCUT2D eigenvalue weighted by molar-refractivity contribution is 0.0737. The van der Waals surface area contributed by atoms with Gasteiger partial charge in [-0.25, -0.2) is 0 Å². The summed E-state index contributed by atoms with van der Waals surface area (Å²) in [4.78, 5) is 19.4. The molecule has 3 rings (SSSR count). The van der Waals surface area contributed by atoms with Gasteiger partial charge in [0.25, 0.3) is 5.91 Å². The van der Waals surface area contributed by atoms with Gasteiger partial charge >= 0.3 is 0 Å². The minimum Gasteiger partial charge on any atom is -0.492 e. The van der Waals surface area contributed by atoms with Gasteiger partial charge in [-0.2, -0.15) is 0 Å². The highest BCUT2D eigenvalue weighted by Gasteiger charge is 2.29. The lowest BCUT2D eigenvalue weighted by Crippen LogP contribution is -2.30. The number of aromatic nitrogens is 1. The summed E-state index contributed by atoms with van der Waals surface area (Å²) in [6.07, 6.45) is 4.21. The van der Waals surface area contributed by atoms with Gasteiger partial charge in [0.2, 0.25) is 11.5 Å². The fourth-order valence-corrected chi connectivity index (χ4v) is 3.65. The van der Waals surface area contributed by atoms with E-state index in [0.29, 0.717) is 23.8 Å². The first-order valence-electron chi connectivity index (χ1n) is 10.9. The van der Waals surface area contributed by atoms with Crippen LogP contribution in [0.5, 0.6) is 28.7 Å². The number of methoxy groups -OCH3 is 3. The molecule has 0 saturated heterocycles. The zero-order chi connectivity index (χ0) is 24.7. The molecular formula is C26H33Cl2N3O5. The summed E-state index contributed by atoms with van der Waals surface area (Å²) in [5, 5.41) is 0. The quantitative estimate of drug-likeness (QED) is 0.385. The Hall–Kier alpha value is -3.20. The van der Waals surface area contributed by atoms with Crippen molar-refractivity contribution in [1.82, 2.24) is 9.88 Å². The van der Waals surface area contributed by atoms with Gasteiger partial charge < -0.3 is 29.6 Å². The highest BCUT2D eigenvalue weighted by molar-refractivity contribution is 5.99. The molecule has 0 bridgehead atoms. The van der Waals surface area contributed by atoms with Gasteiger partial charge in [0.1, 0.15) is 5.75 Å². The fourth-order valence-electron chi connectivity index (χ4n) is 3.65. The van der Waals surface area contributed by atoms with Crippen molar-refractivity contribution in [3.8, 4) is 28.7 Å². The summed E-state index contributed by atoms with van der Waals surface area (Å²) < 4.78 is 22.9. The van der Waals surface area contributed by atoms with Gasteiger partial charge in [0, 0.05) is 25.5 Å². The van der Waals surface area contributed by atoms with E-state index in [1.165, 1.54) is 21.3 Å². The number of ether oxygens (including phenoxy) is 4. The minimum absolute atomic E-state index is 0. The molecule has 0 saturated carbocycles. The Balaban J connectivity index is 0.00000324. The molecule has 1 aromatic heterocycles. The van der Waals surface area contributed by atoms with Gasteiger partial charge in [-0.05, 0) is 49.2 Å². The molecule has 0 aliphatic heterocycles. The van der Waals surface area contributed by atoms with E-state index in [1.54, 1.807) is 30.4 Å². The Labute approximate surface area is 224 Å². The molecule has 1 atom stereocenters. The van der Waals surface area contributed by atoms with Crippen molar-refractivity contribution in [3.63, 3.8) is 0 Å². The van der Waals surface area contributed by atoms with Crippen LogP contribution in [0.25, 0.3) is 0 Å². The lowest BCUT2D eigenvalue weighted by Gasteiger charge is -2.27. The van der Waals surface area contributed by atoms with Crippen molar-refractivity contribution >= 4 is 30.7 Å². The van der Waals surface area contributed by atoms with Crippen LogP contribution in [0.4, 0.5) is 0 Å². The van der Waals surface area contributed by atoms with E-state index in [1.807, 2.05) is 43.3 Å². The van der Waals surface area contributed by atoms with Crippen molar-refractivity contribution in [2.24, 2.45) is 5.73 Å². The lowest BCUT2D eigenvalue weighted by atomic mass is 10.1. The Morgan fingerprint density at radius 1 is 1.00 bits per heavy atom. The fraction of sp³-hybridized carbons (Fsp3) is 0.308. The topological polar surface area (TPSA) is 96.1 Å². The molecule has 196 valence electrons.